The number of carboxylic acid groups (broad SMARTS) is 1. The van der Waals surface area contributed by atoms with Gasteiger partial charge in [0.05, 0.1) is 18.2 Å². The van der Waals surface area contributed by atoms with Crippen molar-refractivity contribution < 1.29 is 14.6 Å². The number of carbonyl (C=O) groups is 1. The number of nitrogens with one attached hydrogen (secondary N) is 1. The van der Waals surface area contributed by atoms with E-state index in [2.05, 4.69) is 20.5 Å². The first-order chi connectivity index (χ1) is 13.6. The van der Waals surface area contributed by atoms with Gasteiger partial charge in [0.25, 0.3) is 0 Å². The quantitative estimate of drug-likeness (QED) is 0.508. The highest BCUT2D eigenvalue weighted by Gasteiger charge is 2.21. The van der Waals surface area contributed by atoms with Gasteiger partial charge in [0.1, 0.15) is 16.9 Å². The van der Waals surface area contributed by atoms with Gasteiger partial charge in [-0.05, 0) is 55.5 Å². The van der Waals surface area contributed by atoms with Gasteiger partial charge in [0.2, 0.25) is 0 Å². The lowest BCUT2D eigenvalue weighted by Gasteiger charge is -2.11. The maximum absolute atomic E-state index is 11.0. The number of thiophene rings is 1. The zero-order chi connectivity index (χ0) is 19.7. The molecule has 1 aliphatic carbocycles. The molecule has 0 bridgehead atoms. The number of ether oxygens (including phenoxy) is 1. The van der Waals surface area contributed by atoms with Crippen LogP contribution >= 0.6 is 11.3 Å². The molecule has 0 saturated carbocycles. The molecule has 2 aromatic heterocycles. The van der Waals surface area contributed by atoms with Gasteiger partial charge in [-0.1, -0.05) is 0 Å². The molecule has 0 radical (unpaired) electrons. The molecule has 1 aliphatic rings. The van der Waals surface area contributed by atoms with Crippen molar-refractivity contribution in [2.24, 2.45) is 5.10 Å². The Kier molecular flexibility index (Phi) is 4.95. The van der Waals surface area contributed by atoms with Crippen LogP contribution in [0.2, 0.25) is 0 Å². The van der Waals surface area contributed by atoms with E-state index in [1.807, 2.05) is 13.0 Å². The Bertz CT molecular complexity index is 1090. The number of methoxy groups -OCH3 is 1. The topological polar surface area (TPSA) is 99.5 Å². The van der Waals surface area contributed by atoms with Crippen LogP contribution < -0.4 is 15.3 Å². The molecule has 0 unspecified atom stereocenters. The molecule has 28 heavy (non-hydrogen) atoms. The van der Waals surface area contributed by atoms with Crippen molar-refractivity contribution in [3.63, 3.8) is 0 Å². The van der Waals surface area contributed by atoms with E-state index in [0.29, 0.717) is 22.8 Å². The molecule has 0 aliphatic heterocycles. The zero-order valence-corrected chi connectivity index (χ0v) is 16.4. The first-order valence-electron chi connectivity index (χ1n) is 8.99. The van der Waals surface area contributed by atoms with E-state index in [-0.39, 0.29) is 6.42 Å². The van der Waals surface area contributed by atoms with Gasteiger partial charge in [0, 0.05) is 22.8 Å². The van der Waals surface area contributed by atoms with Crippen LogP contribution in [0.15, 0.2) is 29.6 Å². The first-order valence-corrected chi connectivity index (χ1v) is 9.81. The summed E-state index contributed by atoms with van der Waals surface area (Å²) >= 11 is 1.73. The van der Waals surface area contributed by atoms with Crippen LogP contribution in [0, 0.1) is 0 Å². The van der Waals surface area contributed by atoms with Crippen LogP contribution in [0.5, 0.6) is 5.75 Å². The first kappa shape index (κ1) is 18.4. The van der Waals surface area contributed by atoms with Crippen molar-refractivity contribution in [3.05, 3.63) is 46.1 Å². The van der Waals surface area contributed by atoms with Gasteiger partial charge in [-0.3, -0.25) is 5.43 Å². The summed E-state index contributed by atoms with van der Waals surface area (Å²) in [5, 5.41) is 16.5. The molecule has 0 atom stereocenters. The zero-order valence-electron chi connectivity index (χ0n) is 15.6. The number of fused-ring (bicyclic) bond motifs is 3. The molecule has 2 heterocycles. The third-order valence-corrected chi connectivity index (χ3v) is 6.06. The molecule has 1 N–H and O–H groups in total. The number of carbonyl (C=O) groups excluding carboxylic acids is 1. The van der Waals surface area contributed by atoms with Crippen LogP contribution in [0.4, 0.5) is 5.82 Å². The maximum Gasteiger partial charge on any atom is 0.158 e. The SMILES string of the molecule is COc1ccc(/C(C)=N\Nc2ncnc3sc4c(c23)CCC4)cc1CC(=O)[O-]. The second kappa shape index (κ2) is 7.55. The number of aryl methyl sites for hydroxylation is 2. The normalized spacial score (nSPS) is 13.6. The fourth-order valence-electron chi connectivity index (χ4n) is 3.51. The predicted octanol–water partition coefficient (Wildman–Crippen LogP) is 2.32. The average Bonchev–Trinajstić information content (AvgIpc) is 3.26. The van der Waals surface area contributed by atoms with Crippen molar-refractivity contribution in [2.45, 2.75) is 32.6 Å². The molecule has 0 fully saturated rings. The van der Waals surface area contributed by atoms with Crippen molar-refractivity contribution in [1.82, 2.24) is 9.97 Å². The summed E-state index contributed by atoms with van der Waals surface area (Å²) in [4.78, 5) is 22.1. The minimum absolute atomic E-state index is 0.217. The Morgan fingerprint density at radius 3 is 3.00 bits per heavy atom. The van der Waals surface area contributed by atoms with Gasteiger partial charge in [-0.25, -0.2) is 9.97 Å². The van der Waals surface area contributed by atoms with Crippen LogP contribution in [-0.2, 0) is 24.1 Å². The van der Waals surface area contributed by atoms with Gasteiger partial charge < -0.3 is 14.6 Å². The molecule has 3 aromatic rings. The number of hydrazone groups is 1. The van der Waals surface area contributed by atoms with E-state index in [1.54, 1.807) is 29.8 Å². The van der Waals surface area contributed by atoms with E-state index in [9.17, 15) is 9.90 Å². The highest BCUT2D eigenvalue weighted by atomic mass is 32.1. The molecule has 0 spiro atoms. The summed E-state index contributed by atoms with van der Waals surface area (Å²) in [6, 6.07) is 5.34. The molecule has 1 aromatic carbocycles. The van der Waals surface area contributed by atoms with Gasteiger partial charge in [-0.15, -0.1) is 11.3 Å². The summed E-state index contributed by atoms with van der Waals surface area (Å²) in [5.74, 6) is 0.0603. The van der Waals surface area contributed by atoms with E-state index >= 15 is 0 Å². The third kappa shape index (κ3) is 3.43. The Balaban J connectivity index is 1.64. The maximum atomic E-state index is 11.0. The lowest BCUT2D eigenvalue weighted by Crippen LogP contribution is -2.24. The van der Waals surface area contributed by atoms with Crippen molar-refractivity contribution in [2.75, 3.05) is 12.5 Å². The highest BCUT2D eigenvalue weighted by Crippen LogP contribution is 2.39. The molecular formula is C20H19N4O3S-. The number of hydrogen-bond donors (Lipinski definition) is 1. The summed E-state index contributed by atoms with van der Waals surface area (Å²) in [6.07, 6.45) is 4.65. The molecule has 4 rings (SSSR count). The van der Waals surface area contributed by atoms with Crippen molar-refractivity contribution in [1.29, 1.82) is 0 Å². The Hall–Kier alpha value is -3.00. The van der Waals surface area contributed by atoms with Crippen molar-refractivity contribution >= 4 is 39.1 Å². The lowest BCUT2D eigenvalue weighted by molar-refractivity contribution is -0.304. The van der Waals surface area contributed by atoms with Crippen LogP contribution in [0.25, 0.3) is 10.2 Å². The number of rotatable bonds is 6. The van der Waals surface area contributed by atoms with Crippen LogP contribution in [0.3, 0.4) is 0 Å². The Morgan fingerprint density at radius 1 is 1.36 bits per heavy atom. The highest BCUT2D eigenvalue weighted by molar-refractivity contribution is 7.19. The minimum atomic E-state index is -1.15. The van der Waals surface area contributed by atoms with Gasteiger partial charge in [0.15, 0.2) is 5.82 Å². The fourth-order valence-corrected chi connectivity index (χ4v) is 4.74. The van der Waals surface area contributed by atoms with Gasteiger partial charge >= 0.3 is 0 Å². The largest absolute Gasteiger partial charge is 0.550 e. The predicted molar refractivity (Wildman–Crippen MR) is 107 cm³/mol. The van der Waals surface area contributed by atoms with Crippen LogP contribution in [-0.4, -0.2) is 28.8 Å². The number of nitrogens with zero attached hydrogens (tertiary/aromatic N) is 3. The number of benzene rings is 1. The number of hydrogen-bond acceptors (Lipinski definition) is 8. The van der Waals surface area contributed by atoms with E-state index in [0.717, 1.165) is 28.6 Å². The number of carboxylic acids is 1. The Labute approximate surface area is 166 Å². The standard InChI is InChI=1S/C20H20N4O3S/c1-11(12-6-7-15(27-2)13(8-12)9-17(25)26)23-24-19-18-14-4-3-5-16(14)28-20(18)22-10-21-19/h6-8,10H,3-5,9H2,1-2H3,(H,25,26)(H,21,22,24)/p-1/b23-11-. The van der Waals surface area contributed by atoms with Gasteiger partial charge in [-0.2, -0.15) is 5.10 Å². The third-order valence-electron chi connectivity index (χ3n) is 4.86. The summed E-state index contributed by atoms with van der Waals surface area (Å²) < 4.78 is 5.23. The van der Waals surface area contributed by atoms with Crippen LogP contribution in [0.1, 0.15) is 34.9 Å². The van der Waals surface area contributed by atoms with E-state index < -0.39 is 5.97 Å². The monoisotopic (exact) mass is 395 g/mol. The summed E-state index contributed by atoms with van der Waals surface area (Å²) in [5.41, 5.74) is 6.46. The molecular weight excluding hydrogens is 376 g/mol. The lowest BCUT2D eigenvalue weighted by atomic mass is 10.0. The average molecular weight is 395 g/mol. The number of aliphatic carboxylic acids is 1. The second-order valence-electron chi connectivity index (χ2n) is 6.64. The fraction of sp³-hybridized carbons (Fsp3) is 0.300. The van der Waals surface area contributed by atoms with E-state index in [4.69, 9.17) is 4.74 Å². The molecule has 7 nitrogen and oxygen atoms in total. The minimum Gasteiger partial charge on any atom is -0.550 e. The van der Waals surface area contributed by atoms with Crippen molar-refractivity contribution in [3.8, 4) is 5.75 Å². The smallest absolute Gasteiger partial charge is 0.158 e. The number of anilines is 1. The molecule has 8 heteroatoms. The molecule has 0 amide bonds. The molecule has 144 valence electrons. The van der Waals surface area contributed by atoms with E-state index in [1.165, 1.54) is 24.0 Å². The summed E-state index contributed by atoms with van der Waals surface area (Å²) in [6.45, 7) is 1.86. The second-order valence-corrected chi connectivity index (χ2v) is 7.73. The molecule has 0 saturated heterocycles. The Morgan fingerprint density at radius 2 is 2.21 bits per heavy atom. The number of aromatic nitrogens is 2. The summed E-state index contributed by atoms with van der Waals surface area (Å²) in [7, 11) is 1.51.